The molecule has 1 N–H and O–H groups in total. The van der Waals surface area contributed by atoms with Gasteiger partial charge < -0.3 is 4.98 Å². The second-order valence-corrected chi connectivity index (χ2v) is 3.62. The lowest BCUT2D eigenvalue weighted by Gasteiger charge is -1.87. The van der Waals surface area contributed by atoms with Gasteiger partial charge in [0.15, 0.2) is 11.1 Å². The van der Waals surface area contributed by atoms with Gasteiger partial charge in [-0.05, 0) is 0 Å². The first-order valence-electron chi connectivity index (χ1n) is 5.22. The summed E-state index contributed by atoms with van der Waals surface area (Å²) in [6.07, 6.45) is 0. The molecule has 86 valence electrons. The third kappa shape index (κ3) is 1.79. The summed E-state index contributed by atoms with van der Waals surface area (Å²) in [5.74, 6) is 0. The molecule has 19 heavy (non-hydrogen) atoms. The van der Waals surface area contributed by atoms with Gasteiger partial charge in [0.25, 0.3) is 0 Å². The van der Waals surface area contributed by atoms with Gasteiger partial charge in [-0.1, -0.05) is 24.3 Å². The molecule has 0 aliphatic heterocycles. The van der Waals surface area contributed by atoms with E-state index in [1.54, 1.807) is 48.5 Å². The quantitative estimate of drug-likeness (QED) is 0.728. The van der Waals surface area contributed by atoms with Gasteiger partial charge in [0.05, 0.1) is 10.7 Å². The summed E-state index contributed by atoms with van der Waals surface area (Å²) in [6, 6.07) is 14.2. The maximum atomic E-state index is 8.93. The molecule has 1 heterocycles. The number of nitriles is 4. The predicted octanol–water partition coefficient (Wildman–Crippen LogP) is 0.564. The molecule has 1 aromatic carbocycles. The van der Waals surface area contributed by atoms with Crippen molar-refractivity contribution < 1.29 is 0 Å². The van der Waals surface area contributed by atoms with Crippen molar-refractivity contribution in [2.45, 2.75) is 0 Å². The number of nitrogens with zero attached hydrogens (tertiary/aromatic N) is 4. The molecule has 0 spiro atoms. The Kier molecular flexibility index (Phi) is 2.99. The fraction of sp³-hybridized carbons (Fsp3) is 0. The zero-order valence-electron chi connectivity index (χ0n) is 9.60. The number of fused-ring (bicyclic) bond motifs is 1. The van der Waals surface area contributed by atoms with Crippen molar-refractivity contribution in [3.05, 3.63) is 35.0 Å². The molecular formula is C14H5N5. The Morgan fingerprint density at radius 1 is 0.737 bits per heavy atom. The number of hydrogen-bond donors (Lipinski definition) is 1. The Morgan fingerprint density at radius 2 is 1.11 bits per heavy atom. The van der Waals surface area contributed by atoms with Crippen LogP contribution in [0.1, 0.15) is 0 Å². The number of benzene rings is 1. The highest BCUT2D eigenvalue weighted by Gasteiger charge is 2.07. The van der Waals surface area contributed by atoms with Crippen LogP contribution >= 0.6 is 0 Å². The molecule has 0 bridgehead atoms. The Hall–Kier alpha value is -3.54. The van der Waals surface area contributed by atoms with Crippen LogP contribution in [0.4, 0.5) is 0 Å². The highest BCUT2D eigenvalue weighted by molar-refractivity contribution is 5.91. The third-order valence-electron chi connectivity index (χ3n) is 2.66. The van der Waals surface area contributed by atoms with Crippen molar-refractivity contribution in [3.63, 3.8) is 0 Å². The van der Waals surface area contributed by atoms with E-state index in [2.05, 4.69) is 4.98 Å². The van der Waals surface area contributed by atoms with Gasteiger partial charge in [0, 0.05) is 10.8 Å². The van der Waals surface area contributed by atoms with Gasteiger partial charge in [0.1, 0.15) is 24.3 Å². The molecule has 0 atom stereocenters. The molecule has 5 heteroatoms. The predicted molar refractivity (Wildman–Crippen MR) is 66.8 cm³/mol. The smallest absolute Gasteiger partial charge is 0.153 e. The minimum atomic E-state index is -0.0855. The van der Waals surface area contributed by atoms with Crippen molar-refractivity contribution in [1.29, 1.82) is 21.0 Å². The van der Waals surface area contributed by atoms with Gasteiger partial charge >= 0.3 is 0 Å². The van der Waals surface area contributed by atoms with E-state index in [1.807, 2.05) is 0 Å². The molecule has 2 rings (SSSR count). The SMILES string of the molecule is N#CC(C#N)=c1[nH]c(=C(C#N)C#N)c2ccccc12. The van der Waals surface area contributed by atoms with Crippen LogP contribution in [0.25, 0.3) is 21.9 Å². The van der Waals surface area contributed by atoms with Crippen molar-refractivity contribution in [3.8, 4) is 24.3 Å². The Bertz CT molecular complexity index is 839. The zero-order chi connectivity index (χ0) is 13.8. The van der Waals surface area contributed by atoms with Crippen LogP contribution in [0.2, 0.25) is 0 Å². The lowest BCUT2D eigenvalue weighted by atomic mass is 10.1. The number of hydrogen-bond acceptors (Lipinski definition) is 4. The highest BCUT2D eigenvalue weighted by Crippen LogP contribution is 2.06. The second kappa shape index (κ2) is 4.76. The van der Waals surface area contributed by atoms with Gasteiger partial charge in [-0.15, -0.1) is 0 Å². The number of aromatic nitrogens is 1. The van der Waals surface area contributed by atoms with Gasteiger partial charge in [-0.2, -0.15) is 21.0 Å². The fourth-order valence-electron chi connectivity index (χ4n) is 1.85. The monoisotopic (exact) mass is 243 g/mol. The summed E-state index contributed by atoms with van der Waals surface area (Å²) in [6.45, 7) is 0. The molecule has 0 saturated carbocycles. The average Bonchev–Trinajstić information content (AvgIpc) is 2.82. The van der Waals surface area contributed by atoms with Crippen LogP contribution < -0.4 is 10.7 Å². The lowest BCUT2D eigenvalue weighted by molar-refractivity contribution is 1.27. The molecule has 0 amide bonds. The number of H-pyrrole nitrogens is 1. The van der Waals surface area contributed by atoms with Crippen molar-refractivity contribution in [1.82, 2.24) is 4.98 Å². The standard InChI is InChI=1S/C14H5N5/c15-5-9(6-16)13-11-3-1-2-4-12(11)14(19-13)10(7-17)8-18/h1-4,19H. The van der Waals surface area contributed by atoms with Crippen LogP contribution in [0.3, 0.4) is 0 Å². The maximum Gasteiger partial charge on any atom is 0.153 e. The van der Waals surface area contributed by atoms with Crippen molar-refractivity contribution in [2.24, 2.45) is 0 Å². The van der Waals surface area contributed by atoms with Crippen LogP contribution in [0.5, 0.6) is 0 Å². The first-order chi connectivity index (χ1) is 9.26. The first-order valence-corrected chi connectivity index (χ1v) is 5.22. The summed E-state index contributed by atoms with van der Waals surface area (Å²) in [7, 11) is 0. The van der Waals surface area contributed by atoms with E-state index < -0.39 is 0 Å². The maximum absolute atomic E-state index is 8.93. The summed E-state index contributed by atoms with van der Waals surface area (Å²) in [5.41, 5.74) is -0.171. The highest BCUT2D eigenvalue weighted by atomic mass is 14.7. The van der Waals surface area contributed by atoms with E-state index in [1.165, 1.54) is 0 Å². The summed E-state index contributed by atoms with van der Waals surface area (Å²) in [4.78, 5) is 2.83. The van der Waals surface area contributed by atoms with Gasteiger partial charge in [-0.25, -0.2) is 0 Å². The van der Waals surface area contributed by atoms with E-state index >= 15 is 0 Å². The van der Waals surface area contributed by atoms with Gasteiger partial charge in [-0.3, -0.25) is 0 Å². The molecule has 1 aromatic heterocycles. The van der Waals surface area contributed by atoms with E-state index in [0.717, 1.165) is 0 Å². The molecule has 0 saturated heterocycles. The minimum Gasteiger partial charge on any atom is -0.351 e. The fourth-order valence-corrected chi connectivity index (χ4v) is 1.85. The van der Waals surface area contributed by atoms with Gasteiger partial charge in [0.2, 0.25) is 0 Å². The van der Waals surface area contributed by atoms with Crippen LogP contribution in [-0.2, 0) is 0 Å². The molecule has 0 unspecified atom stereocenters. The van der Waals surface area contributed by atoms with Crippen LogP contribution in [0, 0.1) is 45.3 Å². The summed E-state index contributed by atoms with van der Waals surface area (Å²) < 4.78 is 0. The van der Waals surface area contributed by atoms with E-state index in [9.17, 15) is 0 Å². The van der Waals surface area contributed by atoms with Crippen LogP contribution in [0.15, 0.2) is 24.3 Å². The molecule has 5 nitrogen and oxygen atoms in total. The molecule has 0 radical (unpaired) electrons. The average molecular weight is 243 g/mol. The van der Waals surface area contributed by atoms with E-state index in [-0.39, 0.29) is 11.1 Å². The van der Waals surface area contributed by atoms with Crippen molar-refractivity contribution in [2.75, 3.05) is 0 Å². The van der Waals surface area contributed by atoms with Crippen molar-refractivity contribution >= 4 is 21.9 Å². The topological polar surface area (TPSA) is 111 Å². The largest absolute Gasteiger partial charge is 0.351 e. The molecule has 2 aromatic rings. The van der Waals surface area contributed by atoms with E-state index in [4.69, 9.17) is 21.0 Å². The zero-order valence-corrected chi connectivity index (χ0v) is 9.60. The first kappa shape index (κ1) is 11.9. The van der Waals surface area contributed by atoms with E-state index in [0.29, 0.717) is 21.5 Å². The number of aromatic amines is 1. The number of nitrogens with one attached hydrogen (secondary N) is 1. The Morgan fingerprint density at radius 3 is 1.42 bits per heavy atom. The third-order valence-corrected chi connectivity index (χ3v) is 2.66. The normalized spacial score (nSPS) is 8.84. The molecule has 0 aliphatic rings. The second-order valence-electron chi connectivity index (χ2n) is 3.62. The van der Waals surface area contributed by atoms with Crippen LogP contribution in [-0.4, -0.2) is 4.98 Å². The lowest BCUT2D eigenvalue weighted by Crippen LogP contribution is -2.14. The number of rotatable bonds is 0. The molecule has 0 aliphatic carbocycles. The molecule has 0 fully saturated rings. The Labute approximate surface area is 108 Å². The Balaban J connectivity index is 3.23. The minimum absolute atomic E-state index is 0.0855. The molecular weight excluding hydrogens is 238 g/mol. The summed E-state index contributed by atoms with van der Waals surface area (Å²) in [5, 5.41) is 37.7. The summed E-state index contributed by atoms with van der Waals surface area (Å²) >= 11 is 0.